The van der Waals surface area contributed by atoms with Crippen LogP contribution in [0, 0.1) is 5.92 Å². The fourth-order valence-corrected chi connectivity index (χ4v) is 1.47. The smallest absolute Gasteiger partial charge is 0.223 e. The van der Waals surface area contributed by atoms with Gasteiger partial charge in [0.15, 0.2) is 0 Å². The van der Waals surface area contributed by atoms with E-state index in [1.165, 1.54) is 6.42 Å². The number of hydrogen-bond donors (Lipinski definition) is 2. The molecule has 0 aromatic carbocycles. The van der Waals surface area contributed by atoms with Gasteiger partial charge in [0.05, 0.1) is 6.54 Å². The number of amides is 1. The Morgan fingerprint density at radius 3 is 3.00 bits per heavy atom. The normalized spacial score (nSPS) is 16.6. The van der Waals surface area contributed by atoms with E-state index in [9.17, 15) is 4.79 Å². The molecule has 0 bridgehead atoms. The van der Waals surface area contributed by atoms with Gasteiger partial charge in [-0.25, -0.2) is 0 Å². The molecule has 2 rings (SSSR count). The van der Waals surface area contributed by atoms with Gasteiger partial charge in [0, 0.05) is 17.8 Å². The van der Waals surface area contributed by atoms with Crippen molar-refractivity contribution in [1.82, 2.24) is 10.3 Å². The molecule has 70 valence electrons. The van der Waals surface area contributed by atoms with Crippen LogP contribution in [0.25, 0.3) is 0 Å². The first-order valence-electron chi connectivity index (χ1n) is 4.76. The van der Waals surface area contributed by atoms with Crippen LogP contribution in [0.2, 0.25) is 0 Å². The second-order valence-corrected chi connectivity index (χ2v) is 3.54. The molecule has 3 nitrogen and oxygen atoms in total. The third kappa shape index (κ3) is 1.91. The SMILES string of the molecule is O=C(NCc1ccc[nH]1)C1CCC1. The quantitative estimate of drug-likeness (QED) is 0.722. The van der Waals surface area contributed by atoms with Crippen molar-refractivity contribution < 1.29 is 4.79 Å². The highest BCUT2D eigenvalue weighted by Gasteiger charge is 2.24. The fraction of sp³-hybridized carbons (Fsp3) is 0.500. The maximum atomic E-state index is 11.4. The van der Waals surface area contributed by atoms with E-state index in [0.717, 1.165) is 18.5 Å². The highest BCUT2D eigenvalue weighted by Crippen LogP contribution is 2.26. The zero-order valence-corrected chi connectivity index (χ0v) is 7.55. The summed E-state index contributed by atoms with van der Waals surface area (Å²) in [5.41, 5.74) is 1.06. The fourth-order valence-electron chi connectivity index (χ4n) is 1.47. The van der Waals surface area contributed by atoms with Gasteiger partial charge >= 0.3 is 0 Å². The summed E-state index contributed by atoms with van der Waals surface area (Å²) in [5.74, 6) is 0.496. The summed E-state index contributed by atoms with van der Waals surface area (Å²) in [6, 6.07) is 3.91. The zero-order valence-electron chi connectivity index (χ0n) is 7.55. The minimum absolute atomic E-state index is 0.209. The van der Waals surface area contributed by atoms with Gasteiger partial charge in [-0.2, -0.15) is 0 Å². The number of aromatic amines is 1. The molecule has 0 aliphatic heterocycles. The third-order valence-corrected chi connectivity index (χ3v) is 2.59. The predicted octanol–water partition coefficient (Wildman–Crippen LogP) is 1.43. The van der Waals surface area contributed by atoms with Crippen molar-refractivity contribution in [3.8, 4) is 0 Å². The lowest BCUT2D eigenvalue weighted by Gasteiger charge is -2.23. The second-order valence-electron chi connectivity index (χ2n) is 3.54. The van der Waals surface area contributed by atoms with Gasteiger partial charge in [-0.1, -0.05) is 6.42 Å². The Morgan fingerprint density at radius 1 is 1.62 bits per heavy atom. The van der Waals surface area contributed by atoms with Crippen molar-refractivity contribution in [2.24, 2.45) is 5.92 Å². The van der Waals surface area contributed by atoms with Crippen LogP contribution in [0.3, 0.4) is 0 Å². The Bertz CT molecular complexity index is 275. The number of carbonyl (C=O) groups excluding carboxylic acids is 1. The molecule has 3 heteroatoms. The van der Waals surface area contributed by atoms with E-state index in [4.69, 9.17) is 0 Å². The van der Waals surface area contributed by atoms with Crippen LogP contribution in [0.4, 0.5) is 0 Å². The lowest BCUT2D eigenvalue weighted by Crippen LogP contribution is -2.34. The molecule has 2 N–H and O–H groups in total. The van der Waals surface area contributed by atoms with Gasteiger partial charge in [0.1, 0.15) is 0 Å². The van der Waals surface area contributed by atoms with Crippen molar-refractivity contribution in [3.63, 3.8) is 0 Å². The Labute approximate surface area is 77.5 Å². The minimum atomic E-state index is 0.209. The average Bonchev–Trinajstić information content (AvgIpc) is 2.49. The Kier molecular flexibility index (Phi) is 2.34. The number of rotatable bonds is 3. The molecular formula is C10H14N2O. The lowest BCUT2D eigenvalue weighted by atomic mass is 9.85. The topological polar surface area (TPSA) is 44.9 Å². The Morgan fingerprint density at radius 2 is 2.46 bits per heavy atom. The first kappa shape index (κ1) is 8.35. The molecule has 1 heterocycles. The summed E-state index contributed by atoms with van der Waals surface area (Å²) >= 11 is 0. The van der Waals surface area contributed by atoms with E-state index >= 15 is 0 Å². The zero-order chi connectivity index (χ0) is 9.10. The van der Waals surface area contributed by atoms with Crippen molar-refractivity contribution in [3.05, 3.63) is 24.0 Å². The largest absolute Gasteiger partial charge is 0.364 e. The van der Waals surface area contributed by atoms with Crippen LogP contribution in [0.5, 0.6) is 0 Å². The van der Waals surface area contributed by atoms with Gasteiger partial charge in [-0.3, -0.25) is 4.79 Å². The van der Waals surface area contributed by atoms with E-state index in [2.05, 4.69) is 10.3 Å². The Hall–Kier alpha value is -1.25. The molecule has 1 aliphatic carbocycles. The summed E-state index contributed by atoms with van der Waals surface area (Å²) in [6.07, 6.45) is 5.21. The summed E-state index contributed by atoms with van der Waals surface area (Å²) in [7, 11) is 0. The van der Waals surface area contributed by atoms with Crippen molar-refractivity contribution in [2.45, 2.75) is 25.8 Å². The van der Waals surface area contributed by atoms with Gasteiger partial charge in [0.25, 0.3) is 0 Å². The van der Waals surface area contributed by atoms with Crippen LogP contribution < -0.4 is 5.32 Å². The molecule has 0 unspecified atom stereocenters. The van der Waals surface area contributed by atoms with E-state index in [1.54, 1.807) is 0 Å². The molecule has 0 spiro atoms. The Balaban J connectivity index is 1.76. The summed E-state index contributed by atoms with van der Waals surface area (Å²) in [6.45, 7) is 0.627. The van der Waals surface area contributed by atoms with Gasteiger partial charge in [0.2, 0.25) is 5.91 Å². The van der Waals surface area contributed by atoms with Crippen LogP contribution in [0.1, 0.15) is 25.0 Å². The third-order valence-electron chi connectivity index (χ3n) is 2.59. The summed E-state index contributed by atoms with van der Waals surface area (Å²) in [4.78, 5) is 14.4. The molecule has 13 heavy (non-hydrogen) atoms. The molecule has 0 radical (unpaired) electrons. The van der Waals surface area contributed by atoms with E-state index < -0.39 is 0 Å². The predicted molar refractivity (Wildman–Crippen MR) is 50.0 cm³/mol. The van der Waals surface area contributed by atoms with Crippen LogP contribution in [-0.2, 0) is 11.3 Å². The van der Waals surface area contributed by atoms with Crippen molar-refractivity contribution in [1.29, 1.82) is 0 Å². The molecule has 1 aromatic heterocycles. The van der Waals surface area contributed by atoms with E-state index in [-0.39, 0.29) is 11.8 Å². The van der Waals surface area contributed by atoms with E-state index in [0.29, 0.717) is 6.54 Å². The van der Waals surface area contributed by atoms with Gasteiger partial charge in [-0.05, 0) is 25.0 Å². The number of hydrogen-bond acceptors (Lipinski definition) is 1. The number of carbonyl (C=O) groups is 1. The van der Waals surface area contributed by atoms with Gasteiger partial charge < -0.3 is 10.3 Å². The average molecular weight is 178 g/mol. The minimum Gasteiger partial charge on any atom is -0.364 e. The van der Waals surface area contributed by atoms with Gasteiger partial charge in [-0.15, -0.1) is 0 Å². The highest BCUT2D eigenvalue weighted by molar-refractivity contribution is 5.79. The number of nitrogens with one attached hydrogen (secondary N) is 2. The maximum absolute atomic E-state index is 11.4. The molecule has 1 aromatic rings. The van der Waals surface area contributed by atoms with Crippen molar-refractivity contribution >= 4 is 5.91 Å². The van der Waals surface area contributed by atoms with Crippen LogP contribution in [-0.4, -0.2) is 10.9 Å². The summed E-state index contributed by atoms with van der Waals surface area (Å²) in [5, 5.41) is 2.92. The molecule has 1 saturated carbocycles. The standard InChI is InChI=1S/C10H14N2O/c13-10(8-3-1-4-8)12-7-9-5-2-6-11-9/h2,5-6,8,11H,1,3-4,7H2,(H,12,13). The summed E-state index contributed by atoms with van der Waals surface area (Å²) < 4.78 is 0. The number of H-pyrrole nitrogens is 1. The highest BCUT2D eigenvalue weighted by atomic mass is 16.1. The molecule has 0 atom stereocenters. The van der Waals surface area contributed by atoms with E-state index in [1.807, 2.05) is 18.3 Å². The molecular weight excluding hydrogens is 164 g/mol. The maximum Gasteiger partial charge on any atom is 0.223 e. The monoisotopic (exact) mass is 178 g/mol. The molecule has 1 amide bonds. The molecule has 1 fully saturated rings. The van der Waals surface area contributed by atoms with Crippen LogP contribution in [0.15, 0.2) is 18.3 Å². The van der Waals surface area contributed by atoms with Crippen LogP contribution >= 0.6 is 0 Å². The molecule has 1 aliphatic rings. The lowest BCUT2D eigenvalue weighted by molar-refractivity contribution is -0.127. The first-order chi connectivity index (χ1) is 6.36. The second kappa shape index (κ2) is 3.64. The van der Waals surface area contributed by atoms with Crippen molar-refractivity contribution in [2.75, 3.05) is 0 Å². The first-order valence-corrected chi connectivity index (χ1v) is 4.76. The number of aromatic nitrogens is 1. The molecule has 0 saturated heterocycles.